The zero-order chi connectivity index (χ0) is 29.0. The number of fused-ring (bicyclic) bond motifs is 7. The molecule has 5 heteroatoms. The lowest BCUT2D eigenvalue weighted by Gasteiger charge is -2.33. The summed E-state index contributed by atoms with van der Waals surface area (Å²) < 4.78 is 6.37. The fraction of sp³-hybridized carbons (Fsp3) is 0.128. The van der Waals surface area contributed by atoms with Gasteiger partial charge < -0.3 is 14.6 Å². The monoisotopic (exact) mass is 570 g/mol. The molecule has 3 aliphatic rings. The van der Waals surface area contributed by atoms with Crippen LogP contribution < -0.4 is 10.2 Å². The maximum atomic E-state index is 6.37. The van der Waals surface area contributed by atoms with Gasteiger partial charge >= 0.3 is 0 Å². The van der Waals surface area contributed by atoms with Crippen LogP contribution >= 0.6 is 0 Å². The Hall–Kier alpha value is -5.42. The van der Waals surface area contributed by atoms with Crippen LogP contribution in [0.3, 0.4) is 0 Å². The van der Waals surface area contributed by atoms with E-state index in [0.717, 1.165) is 52.5 Å². The molecule has 6 aromatic rings. The fourth-order valence-corrected chi connectivity index (χ4v) is 7.29. The Labute approximate surface area is 256 Å². The molecule has 0 fully saturated rings. The summed E-state index contributed by atoms with van der Waals surface area (Å²) in [5.74, 6) is 3.08. The lowest BCUT2D eigenvalue weighted by molar-refractivity contribution is 0.459. The SMILES string of the molecule is c1ccc(C2=NC(c3ccc(N4c5ccccc5C5c6c(oc7ccccc67)CCC54)cc3)N=C(c3ccccc3)N2)cc1. The minimum Gasteiger partial charge on any atom is -0.461 e. The predicted octanol–water partition coefficient (Wildman–Crippen LogP) is 8.53. The second kappa shape index (κ2) is 10.1. The van der Waals surface area contributed by atoms with Crippen LogP contribution in [0.4, 0.5) is 11.4 Å². The number of aliphatic imine (C=N–C) groups is 2. The zero-order valence-corrected chi connectivity index (χ0v) is 24.1. The Bertz CT molecular complexity index is 2010. The molecule has 212 valence electrons. The molecular formula is C39H30N4O. The van der Waals surface area contributed by atoms with Gasteiger partial charge in [0.2, 0.25) is 0 Å². The standard InChI is InChI=1S/C39H30N4O/c1-3-11-25(12-4-1)37-40-38(26-13-5-2-6-14-26)42-39(41-37)27-19-21-28(22-20-27)43-31-17-9-7-15-29(31)35-32(43)23-24-34-36(35)30-16-8-10-18-33(30)44-34/h1-22,32,35,39H,23-24H2,(H,40,41,42). The van der Waals surface area contributed by atoms with Gasteiger partial charge in [-0.1, -0.05) is 109 Å². The van der Waals surface area contributed by atoms with Gasteiger partial charge in [0.25, 0.3) is 0 Å². The van der Waals surface area contributed by atoms with E-state index in [1.165, 1.54) is 27.9 Å². The average molecular weight is 571 g/mol. The van der Waals surface area contributed by atoms with Crippen LogP contribution in [-0.4, -0.2) is 17.7 Å². The van der Waals surface area contributed by atoms with Crippen molar-refractivity contribution in [1.29, 1.82) is 0 Å². The van der Waals surface area contributed by atoms with Gasteiger partial charge in [0.15, 0.2) is 6.17 Å². The van der Waals surface area contributed by atoms with E-state index in [4.69, 9.17) is 14.4 Å². The first-order chi connectivity index (χ1) is 21.8. The van der Waals surface area contributed by atoms with Crippen LogP contribution in [0.2, 0.25) is 0 Å². The largest absolute Gasteiger partial charge is 0.461 e. The highest BCUT2D eigenvalue weighted by Crippen LogP contribution is 2.54. The Morgan fingerprint density at radius 3 is 2.02 bits per heavy atom. The van der Waals surface area contributed by atoms with Gasteiger partial charge in [-0.25, -0.2) is 9.98 Å². The topological polar surface area (TPSA) is 53.1 Å². The van der Waals surface area contributed by atoms with E-state index in [2.05, 4.69) is 107 Å². The molecule has 1 N–H and O–H groups in total. The normalized spacial score (nSPS) is 19.0. The van der Waals surface area contributed by atoms with Crippen molar-refractivity contribution >= 4 is 34.0 Å². The maximum absolute atomic E-state index is 6.37. The molecule has 3 heterocycles. The first-order valence-corrected chi connectivity index (χ1v) is 15.3. The summed E-state index contributed by atoms with van der Waals surface area (Å²) >= 11 is 0. The third-order valence-electron chi connectivity index (χ3n) is 9.24. The van der Waals surface area contributed by atoms with Gasteiger partial charge in [0.05, 0.1) is 0 Å². The number of nitrogens with one attached hydrogen (secondary N) is 1. The molecule has 5 nitrogen and oxygen atoms in total. The average Bonchev–Trinajstić information content (AvgIpc) is 3.64. The third-order valence-corrected chi connectivity index (χ3v) is 9.24. The number of para-hydroxylation sites is 2. The summed E-state index contributed by atoms with van der Waals surface area (Å²) in [6.45, 7) is 0. The second-order valence-electron chi connectivity index (χ2n) is 11.7. The molecule has 0 spiro atoms. The number of furan rings is 1. The second-order valence-corrected chi connectivity index (χ2v) is 11.7. The van der Waals surface area contributed by atoms with Crippen molar-refractivity contribution in [2.75, 3.05) is 4.90 Å². The summed E-state index contributed by atoms with van der Waals surface area (Å²) in [5.41, 5.74) is 9.35. The molecule has 0 saturated heterocycles. The molecule has 5 aromatic carbocycles. The van der Waals surface area contributed by atoms with Crippen molar-refractivity contribution in [2.24, 2.45) is 9.98 Å². The molecule has 44 heavy (non-hydrogen) atoms. The van der Waals surface area contributed by atoms with Gasteiger partial charge in [-0.05, 0) is 41.8 Å². The molecule has 0 saturated carbocycles. The van der Waals surface area contributed by atoms with E-state index in [0.29, 0.717) is 6.04 Å². The summed E-state index contributed by atoms with van der Waals surface area (Å²) in [4.78, 5) is 12.7. The first kappa shape index (κ1) is 25.1. The highest BCUT2D eigenvalue weighted by atomic mass is 16.3. The number of hydrogen-bond donors (Lipinski definition) is 1. The highest BCUT2D eigenvalue weighted by Gasteiger charge is 2.45. The quantitative estimate of drug-likeness (QED) is 0.231. The molecule has 9 rings (SSSR count). The molecule has 0 radical (unpaired) electrons. The molecule has 1 aliphatic carbocycles. The van der Waals surface area contributed by atoms with Gasteiger partial charge in [0, 0.05) is 51.8 Å². The predicted molar refractivity (Wildman–Crippen MR) is 177 cm³/mol. The smallest absolute Gasteiger partial charge is 0.169 e. The Morgan fingerprint density at radius 1 is 0.659 bits per heavy atom. The van der Waals surface area contributed by atoms with E-state index < -0.39 is 0 Å². The van der Waals surface area contributed by atoms with Crippen LogP contribution in [0.15, 0.2) is 148 Å². The van der Waals surface area contributed by atoms with Crippen molar-refractivity contribution in [2.45, 2.75) is 31.0 Å². The number of anilines is 2. The van der Waals surface area contributed by atoms with Crippen molar-refractivity contribution in [3.05, 3.63) is 167 Å². The Kier molecular flexibility index (Phi) is 5.76. The lowest BCUT2D eigenvalue weighted by Crippen LogP contribution is -2.36. The number of rotatable bonds is 4. The van der Waals surface area contributed by atoms with E-state index >= 15 is 0 Å². The van der Waals surface area contributed by atoms with Gasteiger partial charge in [-0.2, -0.15) is 0 Å². The summed E-state index contributed by atoms with van der Waals surface area (Å²) in [6, 6.07) is 47.1. The van der Waals surface area contributed by atoms with Crippen molar-refractivity contribution < 1.29 is 4.42 Å². The molecule has 2 atom stereocenters. The first-order valence-electron chi connectivity index (χ1n) is 15.3. The lowest BCUT2D eigenvalue weighted by atomic mass is 9.79. The maximum Gasteiger partial charge on any atom is 0.169 e. The molecule has 0 amide bonds. The molecular weight excluding hydrogens is 540 g/mol. The molecule has 2 aliphatic heterocycles. The number of nitrogens with zero attached hydrogens (tertiary/aromatic N) is 3. The zero-order valence-electron chi connectivity index (χ0n) is 24.1. The number of benzene rings is 5. The van der Waals surface area contributed by atoms with Crippen molar-refractivity contribution in [3.63, 3.8) is 0 Å². The van der Waals surface area contributed by atoms with Gasteiger partial charge in [-0.15, -0.1) is 0 Å². The molecule has 2 unspecified atom stereocenters. The van der Waals surface area contributed by atoms with Crippen LogP contribution in [0.25, 0.3) is 11.0 Å². The summed E-state index contributed by atoms with van der Waals surface area (Å²) in [5, 5.41) is 4.73. The van der Waals surface area contributed by atoms with Crippen LogP contribution in [0.1, 0.15) is 52.1 Å². The van der Waals surface area contributed by atoms with Gasteiger partial charge in [0.1, 0.15) is 23.0 Å². The van der Waals surface area contributed by atoms with Crippen LogP contribution in [0.5, 0.6) is 0 Å². The van der Waals surface area contributed by atoms with Crippen LogP contribution in [0, 0.1) is 0 Å². The number of hydrogen-bond acceptors (Lipinski definition) is 5. The number of aryl methyl sites for hydroxylation is 1. The van der Waals surface area contributed by atoms with E-state index in [1.54, 1.807) is 0 Å². The van der Waals surface area contributed by atoms with E-state index in [9.17, 15) is 0 Å². The Balaban J connectivity index is 1.10. The molecule has 1 aromatic heterocycles. The third kappa shape index (κ3) is 4.00. The number of amidine groups is 2. The fourth-order valence-electron chi connectivity index (χ4n) is 7.29. The minimum absolute atomic E-state index is 0.277. The van der Waals surface area contributed by atoms with E-state index in [-0.39, 0.29) is 12.1 Å². The summed E-state index contributed by atoms with van der Waals surface area (Å²) in [6.07, 6.45) is 1.64. The van der Waals surface area contributed by atoms with E-state index in [1.807, 2.05) is 36.4 Å². The van der Waals surface area contributed by atoms with Crippen molar-refractivity contribution in [3.8, 4) is 0 Å². The van der Waals surface area contributed by atoms with Gasteiger partial charge in [-0.3, -0.25) is 0 Å². The minimum atomic E-state index is -0.344. The molecule has 0 bridgehead atoms. The summed E-state index contributed by atoms with van der Waals surface area (Å²) in [7, 11) is 0. The van der Waals surface area contributed by atoms with Crippen LogP contribution in [-0.2, 0) is 6.42 Å². The highest BCUT2D eigenvalue weighted by molar-refractivity contribution is 6.15. The van der Waals surface area contributed by atoms with Crippen molar-refractivity contribution in [1.82, 2.24) is 5.32 Å². The Morgan fingerprint density at radius 2 is 1.30 bits per heavy atom.